The molecule has 1 aliphatic heterocycles. The lowest BCUT2D eigenvalue weighted by Crippen LogP contribution is -2.26. The van der Waals surface area contributed by atoms with Crippen LogP contribution in [0.15, 0.2) is 35.5 Å². The third kappa shape index (κ3) is 2.63. The van der Waals surface area contributed by atoms with Gasteiger partial charge in [0.2, 0.25) is 5.95 Å². The van der Waals surface area contributed by atoms with Crippen LogP contribution in [0.1, 0.15) is 18.0 Å². The van der Waals surface area contributed by atoms with E-state index in [-0.39, 0.29) is 11.7 Å². The first-order valence-corrected chi connectivity index (χ1v) is 9.12. The number of benzene rings is 1. The molecule has 1 aromatic carbocycles. The molecule has 28 heavy (non-hydrogen) atoms. The maximum absolute atomic E-state index is 12.7. The highest BCUT2D eigenvalue weighted by Gasteiger charge is 2.24. The minimum Gasteiger partial charge on any atom is -0.379 e. The van der Waals surface area contributed by atoms with Gasteiger partial charge in [0.05, 0.1) is 29.9 Å². The summed E-state index contributed by atoms with van der Waals surface area (Å²) in [5.41, 5.74) is 4.68. The van der Waals surface area contributed by atoms with Crippen LogP contribution in [0.2, 0.25) is 0 Å². The van der Waals surface area contributed by atoms with Crippen molar-refractivity contribution in [2.45, 2.75) is 19.4 Å². The molecule has 0 bridgehead atoms. The van der Waals surface area contributed by atoms with Gasteiger partial charge in [-0.3, -0.25) is 19.1 Å². The molecule has 0 saturated carbocycles. The molecule has 9 heteroatoms. The zero-order valence-electron chi connectivity index (χ0n) is 15.6. The molecule has 1 N–H and O–H groups in total. The molecule has 1 aliphatic rings. The Morgan fingerprint density at radius 3 is 2.71 bits per heavy atom. The van der Waals surface area contributed by atoms with Crippen LogP contribution in [-0.2, 0) is 11.8 Å². The molecular formula is C19H19N7O2. The van der Waals surface area contributed by atoms with Crippen molar-refractivity contribution >= 4 is 33.8 Å². The summed E-state index contributed by atoms with van der Waals surface area (Å²) < 4.78 is 8.76. The number of nitrogens with one attached hydrogen (secondary N) is 1. The van der Waals surface area contributed by atoms with Gasteiger partial charge in [-0.2, -0.15) is 4.98 Å². The number of imidazole rings is 1. The van der Waals surface area contributed by atoms with E-state index in [1.807, 2.05) is 19.1 Å². The summed E-state index contributed by atoms with van der Waals surface area (Å²) in [5, 5.41) is 3.26. The Morgan fingerprint density at radius 1 is 1.18 bits per heavy atom. The van der Waals surface area contributed by atoms with E-state index >= 15 is 0 Å². The topological polar surface area (TPSA) is 99.8 Å². The van der Waals surface area contributed by atoms with Gasteiger partial charge in [-0.15, -0.1) is 0 Å². The average molecular weight is 377 g/mol. The van der Waals surface area contributed by atoms with E-state index in [1.54, 1.807) is 34.8 Å². The first-order chi connectivity index (χ1) is 13.6. The van der Waals surface area contributed by atoms with E-state index in [1.165, 1.54) is 0 Å². The highest BCUT2D eigenvalue weighted by Crippen LogP contribution is 2.25. The molecule has 9 nitrogen and oxygen atoms in total. The predicted octanol–water partition coefficient (Wildman–Crippen LogP) is 2.09. The van der Waals surface area contributed by atoms with E-state index < -0.39 is 0 Å². The van der Waals surface area contributed by atoms with Crippen molar-refractivity contribution in [3.63, 3.8) is 0 Å². The summed E-state index contributed by atoms with van der Waals surface area (Å²) in [7, 11) is 1.74. The van der Waals surface area contributed by atoms with Gasteiger partial charge in [-0.1, -0.05) is 0 Å². The maximum Gasteiger partial charge on any atom is 0.330 e. The van der Waals surface area contributed by atoms with Crippen molar-refractivity contribution in [2.24, 2.45) is 7.05 Å². The molecule has 0 spiro atoms. The Balaban J connectivity index is 1.59. The number of nitrogens with zero attached hydrogens (tertiary/aromatic N) is 6. The fourth-order valence-electron chi connectivity index (χ4n) is 3.62. The molecule has 0 radical (unpaired) electrons. The Morgan fingerprint density at radius 2 is 1.96 bits per heavy atom. The van der Waals surface area contributed by atoms with Gasteiger partial charge in [0.15, 0.2) is 5.65 Å². The molecule has 4 aromatic rings. The lowest BCUT2D eigenvalue weighted by atomic mass is 10.1. The number of anilines is 2. The second-order valence-electron chi connectivity index (χ2n) is 6.97. The highest BCUT2D eigenvalue weighted by atomic mass is 16.5. The van der Waals surface area contributed by atoms with Gasteiger partial charge >= 0.3 is 5.69 Å². The van der Waals surface area contributed by atoms with Gasteiger partial charge in [-0.25, -0.2) is 9.78 Å². The van der Waals surface area contributed by atoms with Crippen LogP contribution in [0.25, 0.3) is 22.2 Å². The fraction of sp³-hybridized carbons (Fsp3) is 0.316. The first kappa shape index (κ1) is 16.8. The summed E-state index contributed by atoms with van der Waals surface area (Å²) in [6, 6.07) is 3.89. The first-order valence-electron chi connectivity index (χ1n) is 9.12. The molecule has 0 amide bonds. The minimum atomic E-state index is -0.103. The predicted molar refractivity (Wildman–Crippen MR) is 105 cm³/mol. The van der Waals surface area contributed by atoms with Crippen molar-refractivity contribution in [1.29, 1.82) is 0 Å². The van der Waals surface area contributed by atoms with Crippen LogP contribution in [0.5, 0.6) is 0 Å². The number of hydrogen-bond donors (Lipinski definition) is 1. The summed E-state index contributed by atoms with van der Waals surface area (Å²) in [6.45, 7) is 3.17. The second-order valence-corrected chi connectivity index (χ2v) is 6.97. The normalized spacial score (nSPS) is 16.9. The van der Waals surface area contributed by atoms with E-state index in [0.717, 1.165) is 28.7 Å². The molecule has 1 saturated heterocycles. The Kier molecular flexibility index (Phi) is 3.83. The van der Waals surface area contributed by atoms with Crippen molar-refractivity contribution in [3.8, 4) is 0 Å². The average Bonchev–Trinajstić information content (AvgIpc) is 3.30. The quantitative estimate of drug-likeness (QED) is 0.583. The van der Waals surface area contributed by atoms with Crippen LogP contribution in [0.3, 0.4) is 0 Å². The number of hydrogen-bond acceptors (Lipinski definition) is 7. The summed E-state index contributed by atoms with van der Waals surface area (Å²) in [4.78, 5) is 30.4. The van der Waals surface area contributed by atoms with Crippen molar-refractivity contribution in [1.82, 2.24) is 29.1 Å². The smallest absolute Gasteiger partial charge is 0.330 e. The fourth-order valence-corrected chi connectivity index (χ4v) is 3.62. The maximum atomic E-state index is 12.7. The van der Waals surface area contributed by atoms with Crippen LogP contribution in [0, 0.1) is 6.92 Å². The number of ether oxygens (including phenoxy) is 1. The minimum absolute atomic E-state index is 0.00312. The van der Waals surface area contributed by atoms with Gasteiger partial charge in [-0.05, 0) is 31.0 Å². The van der Waals surface area contributed by atoms with E-state index in [0.29, 0.717) is 30.3 Å². The van der Waals surface area contributed by atoms with Crippen LogP contribution in [-0.4, -0.2) is 42.3 Å². The molecule has 142 valence electrons. The highest BCUT2D eigenvalue weighted by molar-refractivity contribution is 5.82. The van der Waals surface area contributed by atoms with E-state index in [4.69, 9.17) is 4.74 Å². The molecular weight excluding hydrogens is 358 g/mol. The Labute approximate surface area is 160 Å². The lowest BCUT2D eigenvalue weighted by Gasteiger charge is -2.11. The summed E-state index contributed by atoms with van der Waals surface area (Å²) >= 11 is 0. The van der Waals surface area contributed by atoms with Gasteiger partial charge < -0.3 is 10.1 Å². The number of rotatable bonds is 3. The largest absolute Gasteiger partial charge is 0.379 e. The monoisotopic (exact) mass is 377 g/mol. The Bertz CT molecular complexity index is 1250. The number of fused-ring (bicyclic) bond motifs is 2. The third-order valence-electron chi connectivity index (χ3n) is 5.17. The summed E-state index contributed by atoms with van der Waals surface area (Å²) in [6.07, 6.45) is 5.81. The van der Waals surface area contributed by atoms with Gasteiger partial charge in [0.25, 0.3) is 0 Å². The van der Waals surface area contributed by atoms with E-state index in [9.17, 15) is 4.79 Å². The lowest BCUT2D eigenvalue weighted by molar-refractivity contribution is 0.186. The SMILES string of the molecule is Cc1cc2nccnc2cc1Nc1ncc2c(n1)n(C1CCOC1)c(=O)n2C. The van der Waals surface area contributed by atoms with Crippen LogP contribution in [0.4, 0.5) is 11.6 Å². The van der Waals surface area contributed by atoms with E-state index in [2.05, 4.69) is 25.3 Å². The Hall–Kier alpha value is -3.33. The van der Waals surface area contributed by atoms with Crippen molar-refractivity contribution < 1.29 is 4.74 Å². The molecule has 1 unspecified atom stereocenters. The molecule has 5 rings (SSSR count). The molecule has 3 aromatic heterocycles. The number of aromatic nitrogens is 6. The van der Waals surface area contributed by atoms with Crippen LogP contribution >= 0.6 is 0 Å². The molecule has 1 fully saturated rings. The van der Waals surface area contributed by atoms with Crippen molar-refractivity contribution in [3.05, 3.63) is 46.8 Å². The summed E-state index contributed by atoms with van der Waals surface area (Å²) in [5.74, 6) is 0.428. The third-order valence-corrected chi connectivity index (χ3v) is 5.17. The van der Waals surface area contributed by atoms with Gasteiger partial charge in [0.1, 0.15) is 5.52 Å². The zero-order valence-corrected chi connectivity index (χ0v) is 15.6. The molecule has 1 atom stereocenters. The number of aryl methyl sites for hydroxylation is 2. The van der Waals surface area contributed by atoms with Crippen LogP contribution < -0.4 is 11.0 Å². The molecule has 0 aliphatic carbocycles. The van der Waals surface area contributed by atoms with Crippen molar-refractivity contribution in [2.75, 3.05) is 18.5 Å². The standard InChI is InChI=1S/C19H19N7O2/c1-11-7-14-15(21-5-4-20-14)8-13(11)23-18-22-9-16-17(24-18)26(19(27)25(16)2)12-3-6-28-10-12/h4-5,7-9,12H,3,6,10H2,1-2H3,(H,22,23,24). The second kappa shape index (κ2) is 6.38. The molecule has 4 heterocycles. The zero-order chi connectivity index (χ0) is 19.3. The van der Waals surface area contributed by atoms with Gasteiger partial charge in [0, 0.05) is 31.7 Å².